The SMILES string of the molecule is CN=C(NCC(c1ccc(OC)cc1)N1CCCC1)NCC(C)N(C)C1CC1.I. The van der Waals surface area contributed by atoms with E-state index in [4.69, 9.17) is 4.74 Å². The van der Waals surface area contributed by atoms with Crippen molar-refractivity contribution in [2.45, 2.75) is 50.7 Å². The first-order chi connectivity index (χ1) is 13.6. The second kappa shape index (κ2) is 12.0. The Bertz CT molecular complexity index is 629. The molecule has 6 nitrogen and oxygen atoms in total. The highest BCUT2D eigenvalue weighted by Gasteiger charge is 2.29. The zero-order chi connectivity index (χ0) is 19.9. The maximum absolute atomic E-state index is 5.32. The summed E-state index contributed by atoms with van der Waals surface area (Å²) in [6, 6.07) is 10.1. The molecular weight excluding hydrogens is 477 g/mol. The number of guanidine groups is 1. The van der Waals surface area contributed by atoms with E-state index in [9.17, 15) is 0 Å². The molecule has 1 aromatic rings. The molecule has 0 aromatic heterocycles. The minimum Gasteiger partial charge on any atom is -0.497 e. The van der Waals surface area contributed by atoms with E-state index >= 15 is 0 Å². The monoisotopic (exact) mass is 515 g/mol. The Labute approximate surface area is 193 Å². The van der Waals surface area contributed by atoms with Crippen molar-refractivity contribution < 1.29 is 4.74 Å². The summed E-state index contributed by atoms with van der Waals surface area (Å²) in [5, 5.41) is 7.07. The molecule has 1 aromatic carbocycles. The molecule has 0 amide bonds. The lowest BCUT2D eigenvalue weighted by Crippen LogP contribution is -2.47. The number of nitrogens with one attached hydrogen (secondary N) is 2. The molecule has 2 fully saturated rings. The van der Waals surface area contributed by atoms with Gasteiger partial charge in [-0.1, -0.05) is 12.1 Å². The van der Waals surface area contributed by atoms with Crippen LogP contribution in [0.1, 0.15) is 44.2 Å². The van der Waals surface area contributed by atoms with Gasteiger partial charge >= 0.3 is 0 Å². The molecule has 2 unspecified atom stereocenters. The van der Waals surface area contributed by atoms with Crippen LogP contribution in [0.2, 0.25) is 0 Å². The molecule has 1 aliphatic carbocycles. The van der Waals surface area contributed by atoms with E-state index in [0.717, 1.165) is 43.9 Å². The van der Waals surface area contributed by atoms with Gasteiger partial charge in [0.15, 0.2) is 5.96 Å². The third-order valence-corrected chi connectivity index (χ3v) is 6.15. The lowest BCUT2D eigenvalue weighted by molar-refractivity contribution is 0.242. The summed E-state index contributed by atoms with van der Waals surface area (Å²) in [4.78, 5) is 9.49. The fourth-order valence-electron chi connectivity index (χ4n) is 3.98. The van der Waals surface area contributed by atoms with Gasteiger partial charge in [-0.15, -0.1) is 24.0 Å². The lowest BCUT2D eigenvalue weighted by Gasteiger charge is -2.30. The number of likely N-dealkylation sites (tertiary alicyclic amines) is 1. The number of nitrogens with zero attached hydrogens (tertiary/aromatic N) is 3. The molecule has 3 rings (SSSR count). The van der Waals surface area contributed by atoms with E-state index in [2.05, 4.69) is 63.7 Å². The summed E-state index contributed by atoms with van der Waals surface area (Å²) in [5.74, 6) is 1.79. The highest BCUT2D eigenvalue weighted by Crippen LogP contribution is 2.27. The summed E-state index contributed by atoms with van der Waals surface area (Å²) in [6.45, 7) is 6.35. The van der Waals surface area contributed by atoms with E-state index < -0.39 is 0 Å². The molecule has 0 bridgehead atoms. The minimum absolute atomic E-state index is 0. The average molecular weight is 515 g/mol. The van der Waals surface area contributed by atoms with Crippen molar-refractivity contribution in [3.63, 3.8) is 0 Å². The number of ether oxygens (including phenoxy) is 1. The van der Waals surface area contributed by atoms with Crippen molar-refractivity contribution in [1.82, 2.24) is 20.4 Å². The highest BCUT2D eigenvalue weighted by molar-refractivity contribution is 14.0. The van der Waals surface area contributed by atoms with Gasteiger partial charge in [0, 0.05) is 32.2 Å². The lowest BCUT2D eigenvalue weighted by atomic mass is 10.1. The molecule has 164 valence electrons. The third-order valence-electron chi connectivity index (χ3n) is 6.15. The van der Waals surface area contributed by atoms with Crippen molar-refractivity contribution in [1.29, 1.82) is 0 Å². The summed E-state index contributed by atoms with van der Waals surface area (Å²) < 4.78 is 5.32. The Morgan fingerprint density at radius 3 is 2.34 bits per heavy atom. The Morgan fingerprint density at radius 1 is 1.17 bits per heavy atom. The van der Waals surface area contributed by atoms with Gasteiger partial charge in [0.25, 0.3) is 0 Å². The first-order valence-corrected chi connectivity index (χ1v) is 10.7. The van der Waals surface area contributed by atoms with Crippen LogP contribution in [0, 0.1) is 0 Å². The van der Waals surface area contributed by atoms with Crippen LogP contribution in [-0.2, 0) is 0 Å². The number of methoxy groups -OCH3 is 1. The van der Waals surface area contributed by atoms with Crippen LogP contribution in [0.15, 0.2) is 29.3 Å². The Balaban J connectivity index is 0.00000300. The largest absolute Gasteiger partial charge is 0.497 e. The average Bonchev–Trinajstić information content (AvgIpc) is 3.45. The van der Waals surface area contributed by atoms with Crippen LogP contribution >= 0.6 is 24.0 Å². The number of benzene rings is 1. The number of aliphatic imine (C=N–C) groups is 1. The molecule has 7 heteroatoms. The summed E-state index contributed by atoms with van der Waals surface area (Å²) >= 11 is 0. The van der Waals surface area contributed by atoms with E-state index in [1.54, 1.807) is 7.11 Å². The summed E-state index contributed by atoms with van der Waals surface area (Å²) in [5.41, 5.74) is 1.33. The molecule has 2 N–H and O–H groups in total. The van der Waals surface area contributed by atoms with Gasteiger partial charge in [-0.25, -0.2) is 0 Å². The van der Waals surface area contributed by atoms with Crippen molar-refractivity contribution >= 4 is 29.9 Å². The molecule has 1 saturated carbocycles. The van der Waals surface area contributed by atoms with Crippen LogP contribution < -0.4 is 15.4 Å². The molecule has 2 atom stereocenters. The van der Waals surface area contributed by atoms with Gasteiger partial charge in [0.05, 0.1) is 13.2 Å². The predicted molar refractivity (Wildman–Crippen MR) is 132 cm³/mol. The van der Waals surface area contributed by atoms with Gasteiger partial charge < -0.3 is 15.4 Å². The second-order valence-corrected chi connectivity index (χ2v) is 8.11. The van der Waals surface area contributed by atoms with Gasteiger partial charge in [-0.05, 0) is 70.4 Å². The molecule has 1 aliphatic heterocycles. The van der Waals surface area contributed by atoms with Gasteiger partial charge in [-0.2, -0.15) is 0 Å². The first kappa shape index (κ1) is 24.2. The molecule has 1 saturated heterocycles. The first-order valence-electron chi connectivity index (χ1n) is 10.7. The fourth-order valence-corrected chi connectivity index (χ4v) is 3.98. The van der Waals surface area contributed by atoms with E-state index in [-0.39, 0.29) is 24.0 Å². The predicted octanol–water partition coefficient (Wildman–Crippen LogP) is 3.10. The minimum atomic E-state index is 0. The van der Waals surface area contributed by atoms with Gasteiger partial charge in [-0.3, -0.25) is 14.8 Å². The van der Waals surface area contributed by atoms with Crippen LogP contribution in [0.25, 0.3) is 0 Å². The number of halogens is 1. The second-order valence-electron chi connectivity index (χ2n) is 8.11. The van der Waals surface area contributed by atoms with Crippen LogP contribution in [0.4, 0.5) is 0 Å². The highest BCUT2D eigenvalue weighted by atomic mass is 127. The van der Waals surface area contributed by atoms with E-state index in [1.165, 1.54) is 31.2 Å². The van der Waals surface area contributed by atoms with E-state index in [0.29, 0.717) is 12.1 Å². The van der Waals surface area contributed by atoms with Crippen LogP contribution in [0.5, 0.6) is 5.75 Å². The fraction of sp³-hybridized carbons (Fsp3) is 0.682. The van der Waals surface area contributed by atoms with E-state index in [1.807, 2.05) is 7.05 Å². The summed E-state index contributed by atoms with van der Waals surface area (Å²) in [6.07, 6.45) is 5.25. The number of hydrogen-bond donors (Lipinski definition) is 2. The van der Waals surface area contributed by atoms with Crippen LogP contribution in [-0.4, -0.2) is 75.2 Å². The van der Waals surface area contributed by atoms with Gasteiger partial charge in [0.2, 0.25) is 0 Å². The molecule has 0 spiro atoms. The Morgan fingerprint density at radius 2 is 1.79 bits per heavy atom. The quantitative estimate of drug-likeness (QED) is 0.301. The number of rotatable bonds is 9. The number of hydrogen-bond acceptors (Lipinski definition) is 4. The van der Waals surface area contributed by atoms with Crippen molar-refractivity contribution in [2.75, 3.05) is 47.4 Å². The molecule has 2 aliphatic rings. The van der Waals surface area contributed by atoms with Crippen molar-refractivity contribution in [2.24, 2.45) is 4.99 Å². The molecule has 1 heterocycles. The Hall–Kier alpha value is -1.06. The van der Waals surface area contributed by atoms with Crippen molar-refractivity contribution in [3.8, 4) is 5.75 Å². The molecular formula is C22H38IN5O. The standard InChI is InChI=1S/C22H37N5O.HI/c1-17(26(3)19-9-10-19)15-24-22(23-2)25-16-21(27-13-5-6-14-27)18-7-11-20(28-4)12-8-18;/h7-8,11-12,17,19,21H,5-6,9-10,13-16H2,1-4H3,(H2,23,24,25);1H. The topological polar surface area (TPSA) is 52.1 Å². The van der Waals surface area contributed by atoms with Crippen LogP contribution in [0.3, 0.4) is 0 Å². The molecule has 0 radical (unpaired) electrons. The van der Waals surface area contributed by atoms with Gasteiger partial charge in [0.1, 0.15) is 5.75 Å². The summed E-state index contributed by atoms with van der Waals surface area (Å²) in [7, 11) is 5.79. The van der Waals surface area contributed by atoms with Crippen molar-refractivity contribution in [3.05, 3.63) is 29.8 Å². The maximum atomic E-state index is 5.32. The third kappa shape index (κ3) is 7.00. The zero-order valence-corrected chi connectivity index (χ0v) is 20.7. The zero-order valence-electron chi connectivity index (χ0n) is 18.4. The molecule has 29 heavy (non-hydrogen) atoms. The normalized spacial score (nSPS) is 19.6. The maximum Gasteiger partial charge on any atom is 0.191 e. The Kier molecular flexibility index (Phi) is 9.98. The number of likely N-dealkylation sites (N-methyl/N-ethyl adjacent to an activating group) is 1. The smallest absolute Gasteiger partial charge is 0.191 e.